The minimum atomic E-state index is 0.655. The van der Waals surface area contributed by atoms with Gasteiger partial charge in [-0.3, -0.25) is 0 Å². The van der Waals surface area contributed by atoms with E-state index >= 15 is 0 Å². The number of nitrogens with zero attached hydrogens (tertiary/aromatic N) is 2. The summed E-state index contributed by atoms with van der Waals surface area (Å²) in [5, 5.41) is 13.7. The molecule has 3 nitrogen and oxygen atoms in total. The summed E-state index contributed by atoms with van der Waals surface area (Å²) in [7, 11) is 0. The van der Waals surface area contributed by atoms with Crippen LogP contribution in [0.15, 0.2) is 0 Å². The third-order valence-electron chi connectivity index (χ3n) is 1.85. The summed E-state index contributed by atoms with van der Waals surface area (Å²) >= 11 is 3.56. The maximum atomic E-state index is 4.16. The summed E-state index contributed by atoms with van der Waals surface area (Å²) in [4.78, 5) is 0. The van der Waals surface area contributed by atoms with Gasteiger partial charge in [-0.25, -0.2) is 0 Å². The summed E-state index contributed by atoms with van der Waals surface area (Å²) < 4.78 is 0. The van der Waals surface area contributed by atoms with Gasteiger partial charge < -0.3 is 5.32 Å². The molecule has 86 valence electrons. The van der Waals surface area contributed by atoms with Gasteiger partial charge in [0, 0.05) is 13.0 Å². The number of aromatic nitrogens is 2. The van der Waals surface area contributed by atoms with Gasteiger partial charge in [-0.2, -0.15) is 11.8 Å². The van der Waals surface area contributed by atoms with E-state index in [1.807, 2.05) is 11.8 Å². The molecule has 0 unspecified atom stereocenters. The molecule has 0 amide bonds. The Morgan fingerprint density at radius 2 is 2.20 bits per heavy atom. The number of thioether (sulfide) groups is 1. The Hall–Kier alpha value is -0.290. The molecule has 1 heterocycles. The second-order valence-electron chi connectivity index (χ2n) is 3.87. The first kappa shape index (κ1) is 12.8. The van der Waals surface area contributed by atoms with E-state index in [1.54, 1.807) is 11.3 Å². The topological polar surface area (TPSA) is 37.8 Å². The Balaban J connectivity index is 2.26. The molecule has 5 heteroatoms. The van der Waals surface area contributed by atoms with Gasteiger partial charge in [0.15, 0.2) is 0 Å². The van der Waals surface area contributed by atoms with Crippen LogP contribution >= 0.6 is 23.1 Å². The van der Waals surface area contributed by atoms with Crippen molar-refractivity contribution in [3.8, 4) is 0 Å². The van der Waals surface area contributed by atoms with E-state index in [0.717, 1.165) is 23.1 Å². The van der Waals surface area contributed by atoms with Crippen LogP contribution in [0.1, 0.15) is 25.3 Å². The quantitative estimate of drug-likeness (QED) is 0.750. The first-order chi connectivity index (χ1) is 7.22. The largest absolute Gasteiger partial charge is 0.360 e. The van der Waals surface area contributed by atoms with Gasteiger partial charge in [0.1, 0.15) is 5.01 Å². The van der Waals surface area contributed by atoms with Crippen LogP contribution in [-0.2, 0) is 6.42 Å². The van der Waals surface area contributed by atoms with Crippen molar-refractivity contribution in [3.05, 3.63) is 5.01 Å². The Kier molecular flexibility index (Phi) is 6.02. The zero-order valence-electron chi connectivity index (χ0n) is 9.62. The number of hydrogen-bond acceptors (Lipinski definition) is 5. The fourth-order valence-corrected chi connectivity index (χ4v) is 2.58. The molecule has 0 aliphatic carbocycles. The van der Waals surface area contributed by atoms with Gasteiger partial charge in [0.25, 0.3) is 0 Å². The van der Waals surface area contributed by atoms with Crippen LogP contribution in [-0.4, -0.2) is 28.8 Å². The van der Waals surface area contributed by atoms with Crippen molar-refractivity contribution in [1.82, 2.24) is 10.2 Å². The van der Waals surface area contributed by atoms with Gasteiger partial charge >= 0.3 is 0 Å². The summed E-state index contributed by atoms with van der Waals surface area (Å²) in [5.74, 6) is 1.85. The van der Waals surface area contributed by atoms with E-state index in [0.29, 0.717) is 5.92 Å². The molecule has 0 aliphatic rings. The Bertz CT molecular complexity index is 273. The molecule has 1 N–H and O–H groups in total. The van der Waals surface area contributed by atoms with Crippen LogP contribution in [0.5, 0.6) is 0 Å². The predicted molar refractivity (Wildman–Crippen MR) is 69.9 cm³/mol. The molecule has 0 fully saturated rings. The monoisotopic (exact) mass is 245 g/mol. The van der Waals surface area contributed by atoms with Crippen molar-refractivity contribution in [2.75, 3.05) is 23.9 Å². The lowest BCUT2D eigenvalue weighted by Gasteiger charge is -1.99. The third-order valence-corrected chi connectivity index (χ3v) is 3.45. The number of rotatable bonds is 7. The van der Waals surface area contributed by atoms with Crippen molar-refractivity contribution in [3.63, 3.8) is 0 Å². The average molecular weight is 245 g/mol. The lowest BCUT2D eigenvalue weighted by molar-refractivity contribution is 0.640. The van der Waals surface area contributed by atoms with Crippen molar-refractivity contribution in [1.29, 1.82) is 0 Å². The molecule has 0 saturated carbocycles. The van der Waals surface area contributed by atoms with E-state index < -0.39 is 0 Å². The smallest absolute Gasteiger partial charge is 0.205 e. The van der Waals surface area contributed by atoms with Gasteiger partial charge in [-0.1, -0.05) is 25.2 Å². The van der Waals surface area contributed by atoms with Crippen LogP contribution < -0.4 is 5.32 Å². The normalized spacial score (nSPS) is 10.9. The molecule has 15 heavy (non-hydrogen) atoms. The molecular formula is C10H19N3S2. The Morgan fingerprint density at radius 3 is 2.87 bits per heavy atom. The highest BCUT2D eigenvalue weighted by Crippen LogP contribution is 2.18. The van der Waals surface area contributed by atoms with E-state index in [1.165, 1.54) is 12.2 Å². The van der Waals surface area contributed by atoms with Crippen molar-refractivity contribution >= 4 is 28.2 Å². The predicted octanol–water partition coefficient (Wildman–Crippen LogP) is 2.90. The highest BCUT2D eigenvalue weighted by atomic mass is 32.2. The minimum absolute atomic E-state index is 0.655. The zero-order valence-corrected chi connectivity index (χ0v) is 11.2. The zero-order chi connectivity index (χ0) is 11.1. The van der Waals surface area contributed by atoms with E-state index in [4.69, 9.17) is 0 Å². The number of hydrogen-bond donors (Lipinski definition) is 1. The van der Waals surface area contributed by atoms with Crippen LogP contribution in [0.3, 0.4) is 0 Å². The molecule has 0 radical (unpaired) electrons. The van der Waals surface area contributed by atoms with Crippen LogP contribution in [0.25, 0.3) is 0 Å². The maximum absolute atomic E-state index is 4.16. The van der Waals surface area contributed by atoms with Gasteiger partial charge in [0.05, 0.1) is 0 Å². The first-order valence-corrected chi connectivity index (χ1v) is 7.48. The Morgan fingerprint density at radius 1 is 1.40 bits per heavy atom. The molecule has 0 saturated heterocycles. The third kappa shape index (κ3) is 5.37. The standard InChI is InChI=1S/C10H19N3S2/c1-8(2)7-9-12-13-10(15-9)11-5-4-6-14-3/h8H,4-7H2,1-3H3,(H,11,13). The Labute approximate surface area is 100 Å². The molecule has 0 aliphatic heterocycles. The molecule has 1 rings (SSSR count). The highest BCUT2D eigenvalue weighted by molar-refractivity contribution is 7.98. The van der Waals surface area contributed by atoms with E-state index in [2.05, 4.69) is 35.6 Å². The lowest BCUT2D eigenvalue weighted by Crippen LogP contribution is -2.01. The molecule has 0 atom stereocenters. The highest BCUT2D eigenvalue weighted by Gasteiger charge is 2.05. The van der Waals surface area contributed by atoms with Crippen LogP contribution in [0, 0.1) is 5.92 Å². The number of anilines is 1. The fourth-order valence-electron chi connectivity index (χ4n) is 1.17. The van der Waals surface area contributed by atoms with Gasteiger partial charge in [0.2, 0.25) is 5.13 Å². The summed E-state index contributed by atoms with van der Waals surface area (Å²) in [6, 6.07) is 0. The molecular weight excluding hydrogens is 226 g/mol. The van der Waals surface area contributed by atoms with Crippen molar-refractivity contribution < 1.29 is 0 Å². The summed E-state index contributed by atoms with van der Waals surface area (Å²) in [6.07, 6.45) is 4.34. The molecule has 1 aromatic heterocycles. The minimum Gasteiger partial charge on any atom is -0.360 e. The van der Waals surface area contributed by atoms with Crippen molar-refractivity contribution in [2.24, 2.45) is 5.92 Å². The summed E-state index contributed by atoms with van der Waals surface area (Å²) in [6.45, 7) is 5.40. The maximum Gasteiger partial charge on any atom is 0.205 e. The second-order valence-corrected chi connectivity index (χ2v) is 5.92. The van der Waals surface area contributed by atoms with Gasteiger partial charge in [-0.15, -0.1) is 10.2 Å². The molecule has 1 aromatic rings. The number of nitrogens with one attached hydrogen (secondary N) is 1. The van der Waals surface area contributed by atoms with Crippen LogP contribution in [0.2, 0.25) is 0 Å². The first-order valence-electron chi connectivity index (χ1n) is 5.27. The second kappa shape index (κ2) is 7.06. The van der Waals surface area contributed by atoms with E-state index in [-0.39, 0.29) is 0 Å². The molecule has 0 spiro atoms. The SMILES string of the molecule is CSCCCNc1nnc(CC(C)C)s1. The average Bonchev–Trinajstić information content (AvgIpc) is 2.59. The van der Waals surface area contributed by atoms with Crippen molar-refractivity contribution in [2.45, 2.75) is 26.7 Å². The molecule has 0 aromatic carbocycles. The van der Waals surface area contributed by atoms with E-state index in [9.17, 15) is 0 Å². The van der Waals surface area contributed by atoms with Crippen LogP contribution in [0.4, 0.5) is 5.13 Å². The lowest BCUT2D eigenvalue weighted by atomic mass is 10.1. The molecule has 0 bridgehead atoms. The summed E-state index contributed by atoms with van der Waals surface area (Å²) in [5.41, 5.74) is 0. The van der Waals surface area contributed by atoms with Gasteiger partial charge in [-0.05, 0) is 24.3 Å². The fraction of sp³-hybridized carbons (Fsp3) is 0.800.